The summed E-state index contributed by atoms with van der Waals surface area (Å²) in [5.41, 5.74) is 6.32. The van der Waals surface area contributed by atoms with Crippen molar-refractivity contribution in [2.75, 3.05) is 26.2 Å². The average Bonchev–Trinajstić information content (AvgIpc) is 2.56. The Labute approximate surface area is 112 Å². The lowest BCUT2D eigenvalue weighted by Crippen LogP contribution is -2.43. The summed E-state index contributed by atoms with van der Waals surface area (Å²) in [4.78, 5) is 2.61. The molecule has 3 nitrogen and oxygen atoms in total. The Bertz CT molecular complexity index is 233. The first kappa shape index (κ1) is 14.3. The van der Waals surface area contributed by atoms with Crippen LogP contribution < -0.4 is 5.73 Å². The highest BCUT2D eigenvalue weighted by Crippen LogP contribution is 2.26. The monoisotopic (exact) mass is 254 g/mol. The van der Waals surface area contributed by atoms with Gasteiger partial charge in [-0.3, -0.25) is 0 Å². The van der Waals surface area contributed by atoms with Crippen molar-refractivity contribution in [2.24, 2.45) is 17.6 Å². The lowest BCUT2D eigenvalue weighted by atomic mass is 9.91. The topological polar surface area (TPSA) is 49.5 Å². The fraction of sp³-hybridized carbons (Fsp3) is 1.00. The molecule has 2 rings (SSSR count). The van der Waals surface area contributed by atoms with Crippen molar-refractivity contribution in [3.05, 3.63) is 0 Å². The lowest BCUT2D eigenvalue weighted by molar-refractivity contribution is 0.123. The van der Waals surface area contributed by atoms with Crippen LogP contribution in [-0.2, 0) is 0 Å². The molecule has 1 heterocycles. The summed E-state index contributed by atoms with van der Waals surface area (Å²) in [6, 6.07) is 0.422. The van der Waals surface area contributed by atoms with Crippen molar-refractivity contribution in [1.82, 2.24) is 4.90 Å². The first-order chi connectivity index (χ1) is 8.79. The van der Waals surface area contributed by atoms with Gasteiger partial charge in [0.05, 0.1) is 0 Å². The summed E-state index contributed by atoms with van der Waals surface area (Å²) >= 11 is 0. The van der Waals surface area contributed by atoms with E-state index < -0.39 is 0 Å². The molecule has 106 valence electrons. The molecule has 0 aromatic rings. The number of rotatable bonds is 4. The zero-order valence-electron chi connectivity index (χ0n) is 11.7. The fourth-order valence-corrected chi connectivity index (χ4v) is 3.71. The Morgan fingerprint density at radius 2 is 1.89 bits per heavy atom. The van der Waals surface area contributed by atoms with E-state index in [0.717, 1.165) is 6.42 Å². The molecule has 3 N–H and O–H groups in total. The molecule has 1 aliphatic heterocycles. The van der Waals surface area contributed by atoms with E-state index in [4.69, 9.17) is 10.8 Å². The van der Waals surface area contributed by atoms with Crippen LogP contribution in [0.25, 0.3) is 0 Å². The minimum atomic E-state index is 0.349. The molecule has 2 aliphatic rings. The van der Waals surface area contributed by atoms with Crippen LogP contribution in [0, 0.1) is 11.8 Å². The molecule has 3 unspecified atom stereocenters. The van der Waals surface area contributed by atoms with Gasteiger partial charge in [-0.15, -0.1) is 0 Å². The Morgan fingerprint density at radius 3 is 2.72 bits per heavy atom. The summed E-state index contributed by atoms with van der Waals surface area (Å²) in [5, 5.41) is 9.07. The van der Waals surface area contributed by atoms with E-state index in [9.17, 15) is 0 Å². The van der Waals surface area contributed by atoms with E-state index in [0.29, 0.717) is 24.5 Å². The molecule has 1 aliphatic carbocycles. The molecule has 0 spiro atoms. The fourth-order valence-electron chi connectivity index (χ4n) is 3.71. The van der Waals surface area contributed by atoms with E-state index in [1.54, 1.807) is 0 Å². The highest BCUT2D eigenvalue weighted by molar-refractivity contribution is 4.81. The first-order valence-corrected chi connectivity index (χ1v) is 7.88. The molecule has 0 bridgehead atoms. The second-order valence-corrected chi connectivity index (χ2v) is 6.34. The van der Waals surface area contributed by atoms with Gasteiger partial charge in [-0.2, -0.15) is 0 Å². The van der Waals surface area contributed by atoms with Gasteiger partial charge in [0, 0.05) is 25.7 Å². The van der Waals surface area contributed by atoms with Crippen LogP contribution in [0.5, 0.6) is 0 Å². The van der Waals surface area contributed by atoms with Crippen molar-refractivity contribution < 1.29 is 5.11 Å². The van der Waals surface area contributed by atoms with E-state index >= 15 is 0 Å². The molecular weight excluding hydrogens is 224 g/mol. The number of likely N-dealkylation sites (tertiary alicyclic amines) is 1. The molecule has 2 fully saturated rings. The Morgan fingerprint density at radius 1 is 1.06 bits per heavy atom. The van der Waals surface area contributed by atoms with Crippen molar-refractivity contribution in [1.29, 1.82) is 0 Å². The number of nitrogens with zero attached hydrogens (tertiary/aromatic N) is 1. The number of piperidine rings is 1. The SMILES string of the molecule is NC1CCCCCC1CN1CCCC(CCO)C1. The van der Waals surface area contributed by atoms with E-state index in [2.05, 4.69) is 4.90 Å². The predicted molar refractivity (Wildman–Crippen MR) is 75.4 cm³/mol. The molecule has 3 atom stereocenters. The van der Waals surface area contributed by atoms with Gasteiger partial charge in [-0.25, -0.2) is 0 Å². The molecule has 0 radical (unpaired) electrons. The standard InChI is InChI=1S/C15H30N2O/c16-15-7-3-1-2-6-14(15)12-17-9-4-5-13(11-17)8-10-18/h13-15,18H,1-12,16H2. The molecule has 3 heteroatoms. The van der Waals surface area contributed by atoms with E-state index in [-0.39, 0.29) is 0 Å². The maximum atomic E-state index is 9.07. The number of nitrogens with two attached hydrogens (primary N) is 1. The number of hydrogen-bond acceptors (Lipinski definition) is 3. The Balaban J connectivity index is 1.80. The molecular formula is C15H30N2O. The van der Waals surface area contributed by atoms with Gasteiger partial charge in [0.1, 0.15) is 0 Å². The summed E-state index contributed by atoms with van der Waals surface area (Å²) in [6.45, 7) is 3.97. The van der Waals surface area contributed by atoms with Gasteiger partial charge >= 0.3 is 0 Å². The number of hydrogen-bond donors (Lipinski definition) is 2. The molecule has 0 aromatic carbocycles. The van der Waals surface area contributed by atoms with Crippen LogP contribution in [0.4, 0.5) is 0 Å². The van der Waals surface area contributed by atoms with Gasteiger partial charge in [0.2, 0.25) is 0 Å². The third-order valence-corrected chi connectivity index (χ3v) is 4.85. The predicted octanol–water partition coefficient (Wildman–Crippen LogP) is 1.99. The third kappa shape index (κ3) is 4.22. The minimum Gasteiger partial charge on any atom is -0.396 e. The second-order valence-electron chi connectivity index (χ2n) is 6.34. The molecule has 1 saturated carbocycles. The summed E-state index contributed by atoms with van der Waals surface area (Å²) in [5.74, 6) is 1.42. The minimum absolute atomic E-state index is 0.349. The van der Waals surface area contributed by atoms with Gasteiger partial charge < -0.3 is 15.7 Å². The van der Waals surface area contributed by atoms with Gasteiger partial charge in [0.15, 0.2) is 0 Å². The van der Waals surface area contributed by atoms with Crippen LogP contribution in [0.2, 0.25) is 0 Å². The Hall–Kier alpha value is -0.120. The summed E-state index contributed by atoms with van der Waals surface area (Å²) in [6.07, 6.45) is 10.2. The highest BCUT2D eigenvalue weighted by atomic mass is 16.3. The smallest absolute Gasteiger partial charge is 0.0434 e. The van der Waals surface area contributed by atoms with Crippen molar-refractivity contribution >= 4 is 0 Å². The largest absolute Gasteiger partial charge is 0.396 e. The highest BCUT2D eigenvalue weighted by Gasteiger charge is 2.26. The zero-order chi connectivity index (χ0) is 12.8. The van der Waals surface area contributed by atoms with Crippen molar-refractivity contribution in [2.45, 2.75) is 57.4 Å². The van der Waals surface area contributed by atoms with Crippen molar-refractivity contribution in [3.63, 3.8) is 0 Å². The first-order valence-electron chi connectivity index (χ1n) is 7.88. The van der Waals surface area contributed by atoms with Gasteiger partial charge in [0.25, 0.3) is 0 Å². The van der Waals surface area contributed by atoms with Crippen LogP contribution in [-0.4, -0.2) is 42.3 Å². The van der Waals surface area contributed by atoms with E-state index in [1.165, 1.54) is 64.6 Å². The van der Waals surface area contributed by atoms with Gasteiger partial charge in [-0.1, -0.05) is 19.3 Å². The second kappa shape index (κ2) is 7.46. The lowest BCUT2D eigenvalue weighted by Gasteiger charge is -2.36. The maximum absolute atomic E-state index is 9.07. The Kier molecular flexibility index (Phi) is 5.93. The summed E-state index contributed by atoms with van der Waals surface area (Å²) < 4.78 is 0. The molecule has 18 heavy (non-hydrogen) atoms. The summed E-state index contributed by atoms with van der Waals surface area (Å²) in [7, 11) is 0. The van der Waals surface area contributed by atoms with E-state index in [1.807, 2.05) is 0 Å². The molecule has 0 amide bonds. The maximum Gasteiger partial charge on any atom is 0.0434 e. The third-order valence-electron chi connectivity index (χ3n) is 4.85. The normalized spacial score (nSPS) is 35.3. The zero-order valence-corrected chi connectivity index (χ0v) is 11.7. The molecule has 1 saturated heterocycles. The van der Waals surface area contributed by atoms with Crippen LogP contribution in [0.1, 0.15) is 51.4 Å². The average molecular weight is 254 g/mol. The molecule has 0 aromatic heterocycles. The quantitative estimate of drug-likeness (QED) is 0.754. The van der Waals surface area contributed by atoms with Crippen LogP contribution in [0.15, 0.2) is 0 Å². The number of aliphatic hydroxyl groups excluding tert-OH is 1. The van der Waals surface area contributed by atoms with Crippen LogP contribution in [0.3, 0.4) is 0 Å². The van der Waals surface area contributed by atoms with Crippen LogP contribution >= 0.6 is 0 Å². The van der Waals surface area contributed by atoms with Crippen molar-refractivity contribution in [3.8, 4) is 0 Å². The van der Waals surface area contributed by atoms with Gasteiger partial charge in [-0.05, 0) is 50.5 Å². The number of aliphatic hydroxyl groups is 1.